The Morgan fingerprint density at radius 3 is 1.09 bits per heavy atom. The summed E-state index contributed by atoms with van der Waals surface area (Å²) in [6.07, 6.45) is 4.11. The lowest BCUT2D eigenvalue weighted by atomic mass is 10.4. The van der Waals surface area contributed by atoms with E-state index in [0.29, 0.717) is 0 Å². The lowest BCUT2D eigenvalue weighted by Gasteiger charge is -1.68. The van der Waals surface area contributed by atoms with Crippen LogP contribution in [-0.2, 0) is 0 Å². The zero-order valence-electron chi connectivity index (χ0n) is 9.28. The van der Waals surface area contributed by atoms with Crippen molar-refractivity contribution in [1.82, 2.24) is 0 Å². The number of hydrogen-bond acceptors (Lipinski definition) is 0. The van der Waals surface area contributed by atoms with Gasteiger partial charge in [-0.1, -0.05) is 54.4 Å². The molecule has 2 atom stereocenters. The van der Waals surface area contributed by atoms with Crippen molar-refractivity contribution in [2.45, 2.75) is 60.8 Å². The van der Waals surface area contributed by atoms with Gasteiger partial charge in [0.05, 0.1) is 0 Å². The van der Waals surface area contributed by atoms with Gasteiger partial charge >= 0.3 is 0 Å². The van der Waals surface area contributed by atoms with E-state index < -0.39 is 0 Å². The maximum atomic E-state index is 2.30. The molecule has 0 aromatic heterocycles. The minimum Gasteiger partial charge on any atom is -0.0683 e. The van der Waals surface area contributed by atoms with Crippen LogP contribution in [0.4, 0.5) is 0 Å². The normalized spacial score (nSPS) is 25.6. The highest BCUT2D eigenvalue weighted by molar-refractivity contribution is 4.76. The second-order valence-corrected chi connectivity index (χ2v) is 3.19. The SMILES string of the molecule is CC.CC1CC1C.CCCC. The van der Waals surface area contributed by atoms with E-state index in [1.807, 2.05) is 13.8 Å². The fourth-order valence-electron chi connectivity index (χ4n) is 0.508. The summed E-state index contributed by atoms with van der Waals surface area (Å²) < 4.78 is 0. The van der Waals surface area contributed by atoms with Gasteiger partial charge in [-0.3, -0.25) is 0 Å². The highest BCUT2D eigenvalue weighted by atomic mass is 14.3. The highest BCUT2D eigenvalue weighted by Gasteiger charge is 2.26. The molecule has 0 radical (unpaired) electrons. The zero-order valence-corrected chi connectivity index (χ0v) is 9.28. The summed E-state index contributed by atoms with van der Waals surface area (Å²) in [6.45, 7) is 13.0. The summed E-state index contributed by atoms with van der Waals surface area (Å²) in [4.78, 5) is 0. The Kier molecular flexibility index (Phi) is 12.3. The van der Waals surface area contributed by atoms with E-state index >= 15 is 0 Å². The van der Waals surface area contributed by atoms with Gasteiger partial charge in [0.1, 0.15) is 0 Å². The van der Waals surface area contributed by atoms with Crippen LogP contribution in [0, 0.1) is 11.8 Å². The summed E-state index contributed by atoms with van der Waals surface area (Å²) in [6, 6.07) is 0. The van der Waals surface area contributed by atoms with Gasteiger partial charge in [0.2, 0.25) is 0 Å². The van der Waals surface area contributed by atoms with Crippen LogP contribution in [0.2, 0.25) is 0 Å². The molecule has 1 saturated carbocycles. The van der Waals surface area contributed by atoms with E-state index in [4.69, 9.17) is 0 Å². The van der Waals surface area contributed by atoms with Crippen LogP contribution in [0.5, 0.6) is 0 Å². The minimum atomic E-state index is 1.05. The Hall–Kier alpha value is 0. The lowest BCUT2D eigenvalue weighted by Crippen LogP contribution is -1.58. The molecule has 1 aliphatic rings. The molecule has 11 heavy (non-hydrogen) atoms. The van der Waals surface area contributed by atoms with Crippen molar-refractivity contribution < 1.29 is 0 Å². The first-order chi connectivity index (χ1) is 5.22. The fraction of sp³-hybridized carbons (Fsp3) is 1.00. The number of unbranched alkanes of at least 4 members (excludes halogenated alkanes) is 1. The van der Waals surface area contributed by atoms with Gasteiger partial charge in [-0.25, -0.2) is 0 Å². The Morgan fingerprint density at radius 2 is 1.09 bits per heavy atom. The third-order valence-electron chi connectivity index (χ3n) is 2.01. The van der Waals surface area contributed by atoms with Crippen molar-refractivity contribution in [1.29, 1.82) is 0 Å². The third kappa shape index (κ3) is 13.1. The highest BCUT2D eigenvalue weighted by Crippen LogP contribution is 2.36. The van der Waals surface area contributed by atoms with Crippen molar-refractivity contribution in [3.8, 4) is 0 Å². The van der Waals surface area contributed by atoms with Crippen molar-refractivity contribution >= 4 is 0 Å². The van der Waals surface area contributed by atoms with Gasteiger partial charge in [-0.15, -0.1) is 0 Å². The fourth-order valence-corrected chi connectivity index (χ4v) is 0.508. The van der Waals surface area contributed by atoms with Crippen LogP contribution in [0.15, 0.2) is 0 Å². The topological polar surface area (TPSA) is 0 Å². The quantitative estimate of drug-likeness (QED) is 0.527. The summed E-state index contributed by atoms with van der Waals surface area (Å²) in [5, 5.41) is 0. The van der Waals surface area contributed by atoms with E-state index in [1.165, 1.54) is 19.3 Å². The molecule has 1 rings (SSSR count). The second-order valence-electron chi connectivity index (χ2n) is 3.19. The third-order valence-corrected chi connectivity index (χ3v) is 2.01. The van der Waals surface area contributed by atoms with E-state index in [1.54, 1.807) is 0 Å². The molecule has 70 valence electrons. The molecule has 0 bridgehead atoms. The Balaban J connectivity index is 0. The van der Waals surface area contributed by atoms with Crippen LogP contribution in [0.3, 0.4) is 0 Å². The Bertz CT molecular complexity index is 49.1. The first kappa shape index (κ1) is 13.6. The van der Waals surface area contributed by atoms with E-state index in [2.05, 4.69) is 27.7 Å². The maximum Gasteiger partial charge on any atom is -0.0414 e. The van der Waals surface area contributed by atoms with Crippen molar-refractivity contribution in [2.75, 3.05) is 0 Å². The molecule has 0 aromatic rings. The predicted octanol–water partition coefficient (Wildman–Crippen LogP) is 4.49. The maximum absolute atomic E-state index is 2.30. The van der Waals surface area contributed by atoms with E-state index in [-0.39, 0.29) is 0 Å². The van der Waals surface area contributed by atoms with E-state index in [9.17, 15) is 0 Å². The molecule has 1 fully saturated rings. The molecule has 0 aromatic carbocycles. The molecule has 0 amide bonds. The number of hydrogen-bond donors (Lipinski definition) is 0. The average Bonchev–Trinajstić information content (AvgIpc) is 2.69. The van der Waals surface area contributed by atoms with Gasteiger partial charge in [-0.2, -0.15) is 0 Å². The monoisotopic (exact) mass is 158 g/mol. The standard InChI is InChI=1S/C5H10.C4H10.C2H6/c1-4-3-5(4)2;1-3-4-2;1-2/h4-5H,3H2,1-2H3;3-4H2,1-2H3;1-2H3. The first-order valence-corrected chi connectivity index (χ1v) is 5.22. The average molecular weight is 158 g/mol. The lowest BCUT2D eigenvalue weighted by molar-refractivity contribution is 0.834. The largest absolute Gasteiger partial charge is 0.0683 e. The molecule has 2 unspecified atom stereocenters. The van der Waals surface area contributed by atoms with Crippen LogP contribution >= 0.6 is 0 Å². The molecule has 0 heteroatoms. The van der Waals surface area contributed by atoms with Crippen LogP contribution in [-0.4, -0.2) is 0 Å². The van der Waals surface area contributed by atoms with Gasteiger partial charge in [-0.05, 0) is 18.3 Å². The smallest absolute Gasteiger partial charge is 0.0414 e. The zero-order chi connectivity index (χ0) is 9.28. The van der Waals surface area contributed by atoms with Crippen LogP contribution in [0.25, 0.3) is 0 Å². The van der Waals surface area contributed by atoms with Crippen molar-refractivity contribution in [3.05, 3.63) is 0 Å². The molecular formula is C11H26. The number of rotatable bonds is 1. The minimum absolute atomic E-state index is 1.05. The Labute approximate surface area is 73.4 Å². The summed E-state index contributed by atoms with van der Waals surface area (Å²) in [5.74, 6) is 2.10. The molecule has 0 nitrogen and oxygen atoms in total. The van der Waals surface area contributed by atoms with Gasteiger partial charge in [0.25, 0.3) is 0 Å². The summed E-state index contributed by atoms with van der Waals surface area (Å²) in [7, 11) is 0. The van der Waals surface area contributed by atoms with Gasteiger partial charge in [0.15, 0.2) is 0 Å². The molecule has 0 spiro atoms. The summed E-state index contributed by atoms with van der Waals surface area (Å²) >= 11 is 0. The van der Waals surface area contributed by atoms with Crippen molar-refractivity contribution in [3.63, 3.8) is 0 Å². The van der Waals surface area contributed by atoms with E-state index in [0.717, 1.165) is 11.8 Å². The first-order valence-electron chi connectivity index (χ1n) is 5.22. The van der Waals surface area contributed by atoms with Gasteiger partial charge < -0.3 is 0 Å². The molecule has 0 aliphatic heterocycles. The molecule has 0 saturated heterocycles. The molecule has 0 N–H and O–H groups in total. The van der Waals surface area contributed by atoms with Crippen LogP contribution < -0.4 is 0 Å². The molecular weight excluding hydrogens is 132 g/mol. The van der Waals surface area contributed by atoms with Gasteiger partial charge in [0, 0.05) is 0 Å². The Morgan fingerprint density at radius 1 is 0.909 bits per heavy atom. The van der Waals surface area contributed by atoms with Crippen LogP contribution in [0.1, 0.15) is 60.8 Å². The molecule has 1 aliphatic carbocycles. The molecule has 0 heterocycles. The van der Waals surface area contributed by atoms with Crippen molar-refractivity contribution in [2.24, 2.45) is 11.8 Å². The second kappa shape index (κ2) is 10.0. The summed E-state index contributed by atoms with van der Waals surface area (Å²) in [5.41, 5.74) is 0. The predicted molar refractivity (Wildman–Crippen MR) is 54.9 cm³/mol.